The Balaban J connectivity index is 1.32. The number of alkyl halides is 3. The van der Waals surface area contributed by atoms with Crippen LogP contribution < -0.4 is 0 Å². The number of aliphatic imine (C=N–C) groups is 1. The van der Waals surface area contributed by atoms with Crippen molar-refractivity contribution in [2.45, 2.75) is 25.6 Å². The molecule has 37 heavy (non-hydrogen) atoms. The molecule has 3 heterocycles. The van der Waals surface area contributed by atoms with E-state index in [1.807, 2.05) is 11.0 Å². The van der Waals surface area contributed by atoms with Crippen molar-refractivity contribution in [3.8, 4) is 0 Å². The molecule has 0 unspecified atom stereocenters. The van der Waals surface area contributed by atoms with Crippen LogP contribution in [-0.2, 0) is 22.3 Å². The van der Waals surface area contributed by atoms with Crippen molar-refractivity contribution in [1.82, 2.24) is 14.7 Å². The molecule has 5 rings (SSSR count). The first-order chi connectivity index (χ1) is 17.6. The monoisotopic (exact) mass is 548 g/mol. The molecular weight excluding hydrogens is 529 g/mol. The van der Waals surface area contributed by atoms with Crippen molar-refractivity contribution in [2.75, 3.05) is 13.1 Å². The highest BCUT2D eigenvalue weighted by atomic mass is 35.5. The van der Waals surface area contributed by atoms with Gasteiger partial charge in [-0.3, -0.25) is 14.3 Å². The van der Waals surface area contributed by atoms with Crippen molar-refractivity contribution in [3.05, 3.63) is 69.2 Å². The Morgan fingerprint density at radius 2 is 1.95 bits per heavy atom. The van der Waals surface area contributed by atoms with E-state index in [2.05, 4.69) is 10.1 Å². The van der Waals surface area contributed by atoms with Gasteiger partial charge in [0, 0.05) is 23.5 Å². The van der Waals surface area contributed by atoms with Crippen molar-refractivity contribution in [2.24, 2.45) is 10.9 Å². The molecule has 192 valence electrons. The van der Waals surface area contributed by atoms with Gasteiger partial charge in [-0.05, 0) is 66.1 Å². The van der Waals surface area contributed by atoms with Crippen LogP contribution in [0.15, 0.2) is 52.5 Å². The molecule has 0 radical (unpaired) electrons. The fraction of sp³-hybridized carbons (Fsp3) is 0.280. The maximum absolute atomic E-state index is 13.5. The molecule has 2 aliphatic heterocycles. The Morgan fingerprint density at radius 1 is 1.19 bits per heavy atom. The van der Waals surface area contributed by atoms with E-state index < -0.39 is 17.7 Å². The SMILES string of the molecule is O=C1N=C(N2CCC(C(=O)O)CC2)SC1=Cc1ccc2c(cnn2Cc2ccc(Cl)cc2C(F)(F)F)c1. The molecule has 3 aromatic rings. The largest absolute Gasteiger partial charge is 0.481 e. The molecule has 1 amide bonds. The second-order valence-corrected chi connectivity index (χ2v) is 10.3. The minimum atomic E-state index is -4.54. The van der Waals surface area contributed by atoms with Crippen molar-refractivity contribution >= 4 is 57.4 Å². The van der Waals surface area contributed by atoms with Gasteiger partial charge in [0.1, 0.15) is 0 Å². The molecule has 1 aromatic heterocycles. The first-order valence-corrected chi connectivity index (χ1v) is 12.6. The van der Waals surface area contributed by atoms with Gasteiger partial charge in [0.05, 0.1) is 34.6 Å². The van der Waals surface area contributed by atoms with E-state index in [9.17, 15) is 22.8 Å². The smallest absolute Gasteiger partial charge is 0.416 e. The van der Waals surface area contributed by atoms with Gasteiger partial charge in [-0.25, -0.2) is 0 Å². The summed E-state index contributed by atoms with van der Waals surface area (Å²) in [6.45, 7) is 0.969. The number of carbonyl (C=O) groups is 2. The third-order valence-electron chi connectivity index (χ3n) is 6.38. The number of carboxylic acids is 1. The Morgan fingerprint density at radius 3 is 2.65 bits per heavy atom. The number of carboxylic acid groups (broad SMARTS) is 1. The first-order valence-electron chi connectivity index (χ1n) is 11.4. The zero-order chi connectivity index (χ0) is 26.3. The van der Waals surface area contributed by atoms with Gasteiger partial charge in [0.15, 0.2) is 5.17 Å². The minimum absolute atomic E-state index is 0.00952. The van der Waals surface area contributed by atoms with Crippen LogP contribution in [0.25, 0.3) is 17.0 Å². The van der Waals surface area contributed by atoms with Crippen molar-refractivity contribution in [3.63, 3.8) is 0 Å². The zero-order valence-electron chi connectivity index (χ0n) is 19.2. The number of aliphatic carboxylic acids is 1. The Labute approximate surface area is 218 Å². The second kappa shape index (κ2) is 9.86. The summed E-state index contributed by atoms with van der Waals surface area (Å²) in [5.74, 6) is -1.54. The minimum Gasteiger partial charge on any atom is -0.481 e. The van der Waals surface area contributed by atoms with Gasteiger partial charge in [-0.15, -0.1) is 0 Å². The lowest BCUT2D eigenvalue weighted by molar-refractivity contribution is -0.143. The number of hydrogen-bond donors (Lipinski definition) is 1. The standard InChI is InChI=1S/C25H20ClF3N4O3S/c26-18-3-2-16(19(11-18)25(27,28)29)13-33-20-4-1-14(9-17(20)12-30-33)10-21-22(34)31-24(37-21)32-7-5-15(6-8-32)23(35)36/h1-4,9-12,15H,5-8,13H2,(H,35,36). The quantitative estimate of drug-likeness (QED) is 0.432. The third kappa shape index (κ3) is 5.37. The predicted octanol–water partition coefficient (Wildman–Crippen LogP) is 5.52. The molecule has 0 spiro atoms. The van der Waals surface area contributed by atoms with Crippen LogP contribution in [0.3, 0.4) is 0 Å². The van der Waals surface area contributed by atoms with E-state index in [0.29, 0.717) is 46.9 Å². The number of piperidine rings is 1. The molecule has 0 saturated carbocycles. The Hall–Kier alpha value is -3.31. The number of hydrogen-bond acceptors (Lipinski definition) is 5. The van der Waals surface area contributed by atoms with Crippen molar-refractivity contribution < 1.29 is 27.9 Å². The molecule has 2 aromatic carbocycles. The number of carbonyl (C=O) groups excluding carboxylic acids is 1. The van der Waals surface area contributed by atoms with Crippen LogP contribution in [0, 0.1) is 5.92 Å². The number of nitrogens with zero attached hydrogens (tertiary/aromatic N) is 4. The first kappa shape index (κ1) is 25.3. The van der Waals surface area contributed by atoms with Crippen LogP contribution in [0.1, 0.15) is 29.5 Å². The number of aromatic nitrogens is 2. The van der Waals surface area contributed by atoms with Gasteiger partial charge in [0.2, 0.25) is 0 Å². The van der Waals surface area contributed by atoms with E-state index in [-0.39, 0.29) is 29.0 Å². The Kier molecular flexibility index (Phi) is 6.76. The van der Waals surface area contributed by atoms with Gasteiger partial charge in [-0.2, -0.15) is 23.3 Å². The van der Waals surface area contributed by atoms with Crippen LogP contribution in [0.5, 0.6) is 0 Å². The number of halogens is 4. The fourth-order valence-corrected chi connectivity index (χ4v) is 5.57. The molecule has 2 aliphatic rings. The maximum Gasteiger partial charge on any atom is 0.416 e. The van der Waals surface area contributed by atoms with Gasteiger partial charge < -0.3 is 10.0 Å². The van der Waals surface area contributed by atoms with E-state index in [1.165, 1.54) is 28.6 Å². The lowest BCUT2D eigenvalue weighted by Gasteiger charge is -2.30. The van der Waals surface area contributed by atoms with Gasteiger partial charge >= 0.3 is 12.1 Å². The lowest BCUT2D eigenvalue weighted by atomic mass is 9.98. The number of rotatable bonds is 4. The van der Waals surface area contributed by atoms with Gasteiger partial charge in [-0.1, -0.05) is 23.7 Å². The predicted molar refractivity (Wildman–Crippen MR) is 135 cm³/mol. The average molecular weight is 549 g/mol. The van der Waals surface area contributed by atoms with E-state index in [0.717, 1.165) is 11.6 Å². The Bertz CT molecular complexity index is 1460. The average Bonchev–Trinajstić information content (AvgIpc) is 3.42. The molecule has 1 saturated heterocycles. The lowest BCUT2D eigenvalue weighted by Crippen LogP contribution is -2.38. The summed E-state index contributed by atoms with van der Waals surface area (Å²) < 4.78 is 41.9. The maximum atomic E-state index is 13.5. The number of fused-ring (bicyclic) bond motifs is 1. The normalized spacial score (nSPS) is 18.2. The second-order valence-electron chi connectivity index (χ2n) is 8.83. The highest BCUT2D eigenvalue weighted by Crippen LogP contribution is 2.35. The number of amides is 1. The molecule has 12 heteroatoms. The van der Waals surface area contributed by atoms with E-state index in [4.69, 9.17) is 16.7 Å². The number of likely N-dealkylation sites (tertiary alicyclic amines) is 1. The summed E-state index contributed by atoms with van der Waals surface area (Å²) in [6, 6.07) is 9.01. The molecule has 1 N–H and O–H groups in total. The van der Waals surface area contributed by atoms with E-state index >= 15 is 0 Å². The summed E-state index contributed by atoms with van der Waals surface area (Å²) in [5, 5.41) is 14.7. The summed E-state index contributed by atoms with van der Waals surface area (Å²) in [6.07, 6.45) is -0.252. The number of thioether (sulfide) groups is 1. The molecule has 1 fully saturated rings. The molecular formula is C25H20ClF3N4O3S. The number of amidine groups is 1. The van der Waals surface area contributed by atoms with Gasteiger partial charge in [0.25, 0.3) is 5.91 Å². The zero-order valence-corrected chi connectivity index (χ0v) is 20.8. The van der Waals surface area contributed by atoms with E-state index in [1.54, 1.807) is 24.4 Å². The highest BCUT2D eigenvalue weighted by molar-refractivity contribution is 8.18. The summed E-state index contributed by atoms with van der Waals surface area (Å²) in [5.41, 5.74) is 0.628. The molecule has 7 nitrogen and oxygen atoms in total. The summed E-state index contributed by atoms with van der Waals surface area (Å²) in [7, 11) is 0. The summed E-state index contributed by atoms with van der Waals surface area (Å²) >= 11 is 7.03. The van der Waals surface area contributed by atoms with Crippen LogP contribution in [-0.4, -0.2) is 49.9 Å². The highest BCUT2D eigenvalue weighted by Gasteiger charge is 2.34. The van der Waals surface area contributed by atoms with Crippen LogP contribution in [0.2, 0.25) is 5.02 Å². The fourth-order valence-electron chi connectivity index (χ4n) is 4.44. The molecule has 0 aliphatic carbocycles. The topological polar surface area (TPSA) is 87.8 Å². The molecule has 0 bridgehead atoms. The van der Waals surface area contributed by atoms with Crippen LogP contribution in [0.4, 0.5) is 13.2 Å². The van der Waals surface area contributed by atoms with Crippen LogP contribution >= 0.6 is 23.4 Å². The summed E-state index contributed by atoms with van der Waals surface area (Å²) in [4.78, 5) is 30.2. The van der Waals surface area contributed by atoms with Crippen molar-refractivity contribution in [1.29, 1.82) is 0 Å². The number of benzene rings is 2. The third-order valence-corrected chi connectivity index (χ3v) is 7.66. The molecule has 0 atom stereocenters.